The van der Waals surface area contributed by atoms with Crippen LogP contribution in [0.3, 0.4) is 0 Å². The number of amides is 2. The maximum atomic E-state index is 12.6. The van der Waals surface area contributed by atoms with Gasteiger partial charge in [-0.2, -0.15) is 5.10 Å². The Morgan fingerprint density at radius 3 is 2.70 bits per heavy atom. The third-order valence-corrected chi connectivity index (χ3v) is 4.15. The van der Waals surface area contributed by atoms with Crippen LogP contribution >= 0.6 is 0 Å². The number of pyridine rings is 1. The molecule has 12 heteroatoms. The predicted molar refractivity (Wildman–Crippen MR) is 105 cm³/mol. The van der Waals surface area contributed by atoms with Gasteiger partial charge in [0.1, 0.15) is 12.2 Å². The molecule has 0 saturated carbocycles. The van der Waals surface area contributed by atoms with Crippen LogP contribution in [0.5, 0.6) is 0 Å². The zero-order valence-corrected chi connectivity index (χ0v) is 15.4. The third-order valence-electron chi connectivity index (χ3n) is 4.15. The number of rotatable bonds is 6. The largest absolute Gasteiger partial charge is 0.390 e. The Morgan fingerprint density at radius 2 is 1.93 bits per heavy atom. The minimum absolute atomic E-state index is 0.0838. The lowest BCUT2D eigenvalue weighted by Crippen LogP contribution is -2.19. The zero-order chi connectivity index (χ0) is 21.1. The van der Waals surface area contributed by atoms with E-state index < -0.39 is 11.6 Å². The first-order valence-electron chi connectivity index (χ1n) is 8.80. The van der Waals surface area contributed by atoms with E-state index in [0.717, 1.165) is 0 Å². The van der Waals surface area contributed by atoms with Crippen LogP contribution in [0.2, 0.25) is 0 Å². The van der Waals surface area contributed by atoms with Gasteiger partial charge in [-0.25, -0.2) is 19.0 Å². The number of aromatic amines is 1. The topological polar surface area (TPSA) is 159 Å². The van der Waals surface area contributed by atoms with Crippen LogP contribution in [0.25, 0.3) is 5.65 Å². The number of hydrogen-bond donors (Lipinski definition) is 4. The first-order valence-corrected chi connectivity index (χ1v) is 8.80. The van der Waals surface area contributed by atoms with E-state index in [1.807, 2.05) is 0 Å². The summed E-state index contributed by atoms with van der Waals surface area (Å²) in [5, 5.41) is 28.0. The number of nitrogens with zero attached hydrogens (tertiary/aromatic N) is 5. The Labute approximate surface area is 168 Å². The average Bonchev–Trinajstić information content (AvgIpc) is 3.34. The van der Waals surface area contributed by atoms with Gasteiger partial charge in [-0.05, 0) is 30.3 Å². The second-order valence-electron chi connectivity index (χ2n) is 6.29. The molecule has 4 aromatic rings. The van der Waals surface area contributed by atoms with Crippen molar-refractivity contribution in [3.8, 4) is 0 Å². The van der Waals surface area contributed by atoms with Crippen molar-refractivity contribution in [1.82, 2.24) is 29.6 Å². The number of hydrogen-bond acceptors (Lipinski definition) is 7. The number of benzene rings is 1. The van der Waals surface area contributed by atoms with Crippen molar-refractivity contribution < 1.29 is 14.7 Å². The lowest BCUT2D eigenvalue weighted by molar-refractivity contribution is -0.116. The minimum atomic E-state index is -0.456. The molecule has 0 aliphatic rings. The highest BCUT2D eigenvalue weighted by Gasteiger charge is 2.14. The van der Waals surface area contributed by atoms with Crippen LogP contribution in [-0.4, -0.2) is 46.5 Å². The molecule has 3 aromatic heterocycles. The van der Waals surface area contributed by atoms with E-state index in [-0.39, 0.29) is 30.3 Å². The molecule has 0 atom stereocenters. The number of fused-ring (bicyclic) bond motifs is 1. The van der Waals surface area contributed by atoms with Gasteiger partial charge in [-0.15, -0.1) is 5.10 Å². The number of aromatic nitrogens is 6. The second kappa shape index (κ2) is 7.97. The van der Waals surface area contributed by atoms with Crippen molar-refractivity contribution in [2.24, 2.45) is 0 Å². The molecule has 0 saturated heterocycles. The third kappa shape index (κ3) is 3.93. The highest BCUT2D eigenvalue weighted by atomic mass is 16.3. The summed E-state index contributed by atoms with van der Waals surface area (Å²) in [5.41, 5.74) is 1.26. The maximum absolute atomic E-state index is 12.6. The fraction of sp³-hybridized carbons (Fsp3) is 0.111. The van der Waals surface area contributed by atoms with Gasteiger partial charge < -0.3 is 15.7 Å². The smallest absolute Gasteiger partial charge is 0.347 e. The minimum Gasteiger partial charge on any atom is -0.390 e. The molecule has 1 aromatic carbocycles. The summed E-state index contributed by atoms with van der Waals surface area (Å²) in [6.45, 7) is -0.344. The van der Waals surface area contributed by atoms with Crippen LogP contribution in [0.15, 0.2) is 53.6 Å². The Bertz CT molecular complexity index is 1290. The summed E-state index contributed by atoms with van der Waals surface area (Å²) in [5.74, 6) is -0.809. The van der Waals surface area contributed by atoms with Gasteiger partial charge in [0.25, 0.3) is 5.91 Å². The normalized spacial score (nSPS) is 10.8. The van der Waals surface area contributed by atoms with Gasteiger partial charge in [0.05, 0.1) is 18.4 Å². The molecule has 152 valence electrons. The van der Waals surface area contributed by atoms with E-state index in [0.29, 0.717) is 17.1 Å². The van der Waals surface area contributed by atoms with E-state index in [9.17, 15) is 14.4 Å². The summed E-state index contributed by atoms with van der Waals surface area (Å²) in [4.78, 5) is 36.5. The molecule has 12 nitrogen and oxygen atoms in total. The molecule has 0 spiro atoms. The molecule has 0 aliphatic carbocycles. The van der Waals surface area contributed by atoms with E-state index in [1.54, 1.807) is 36.4 Å². The van der Waals surface area contributed by atoms with E-state index in [2.05, 4.69) is 31.1 Å². The molecular formula is C18H16N8O4. The molecule has 30 heavy (non-hydrogen) atoms. The molecule has 0 bridgehead atoms. The highest BCUT2D eigenvalue weighted by molar-refractivity contribution is 6.08. The van der Waals surface area contributed by atoms with Gasteiger partial charge >= 0.3 is 5.69 Å². The van der Waals surface area contributed by atoms with E-state index in [4.69, 9.17) is 5.11 Å². The van der Waals surface area contributed by atoms with Crippen molar-refractivity contribution in [2.75, 3.05) is 10.6 Å². The standard InChI is InChI=1S/C18H16N8O4/c27-10-13-8-25(24-21-13)9-15(28)19-11-3-1-4-12(7-11)20-17(29)14-5-2-6-26-16(14)22-23-18(26)30/h1-8,27H,9-10H2,(H,19,28)(H,20,29)(H,23,30). The summed E-state index contributed by atoms with van der Waals surface area (Å²) >= 11 is 0. The molecule has 4 rings (SSSR count). The highest BCUT2D eigenvalue weighted by Crippen LogP contribution is 2.17. The Hall–Kier alpha value is -4.32. The predicted octanol–water partition coefficient (Wildman–Crippen LogP) is -0.00260. The fourth-order valence-electron chi connectivity index (χ4n) is 2.82. The monoisotopic (exact) mass is 408 g/mol. The van der Waals surface area contributed by atoms with Crippen LogP contribution in [0, 0.1) is 0 Å². The van der Waals surface area contributed by atoms with Gasteiger partial charge in [-0.3, -0.25) is 9.59 Å². The number of aliphatic hydroxyl groups excluding tert-OH is 1. The number of H-pyrrole nitrogens is 1. The molecular weight excluding hydrogens is 392 g/mol. The molecule has 0 radical (unpaired) electrons. The van der Waals surface area contributed by atoms with Crippen LogP contribution < -0.4 is 16.3 Å². The summed E-state index contributed by atoms with van der Waals surface area (Å²) in [6, 6.07) is 9.71. The molecule has 2 amide bonds. The number of anilines is 2. The number of aliphatic hydroxyl groups is 1. The number of nitrogens with one attached hydrogen (secondary N) is 3. The van der Waals surface area contributed by atoms with Gasteiger partial charge in [0.15, 0.2) is 5.65 Å². The SMILES string of the molecule is O=C(Cn1cc(CO)nn1)Nc1cccc(NC(=O)c2cccn3c(=O)[nH]nc23)c1. The average molecular weight is 408 g/mol. The van der Waals surface area contributed by atoms with Crippen LogP contribution in [0.1, 0.15) is 16.1 Å². The van der Waals surface area contributed by atoms with E-state index >= 15 is 0 Å². The molecule has 3 heterocycles. The number of carbonyl (C=O) groups excluding carboxylic acids is 2. The van der Waals surface area contributed by atoms with Crippen LogP contribution in [0.4, 0.5) is 11.4 Å². The van der Waals surface area contributed by atoms with Gasteiger partial charge in [-0.1, -0.05) is 11.3 Å². The second-order valence-corrected chi connectivity index (χ2v) is 6.29. The summed E-state index contributed by atoms with van der Waals surface area (Å²) < 4.78 is 2.54. The first-order chi connectivity index (χ1) is 14.5. The lowest BCUT2D eigenvalue weighted by atomic mass is 10.2. The lowest BCUT2D eigenvalue weighted by Gasteiger charge is -2.09. The Morgan fingerprint density at radius 1 is 1.13 bits per heavy atom. The zero-order valence-electron chi connectivity index (χ0n) is 15.4. The van der Waals surface area contributed by atoms with Crippen molar-refractivity contribution in [3.63, 3.8) is 0 Å². The van der Waals surface area contributed by atoms with Crippen molar-refractivity contribution in [1.29, 1.82) is 0 Å². The summed E-state index contributed by atoms with van der Waals surface area (Å²) in [6.07, 6.45) is 2.98. The van der Waals surface area contributed by atoms with E-state index in [1.165, 1.54) is 21.5 Å². The molecule has 0 unspecified atom stereocenters. The van der Waals surface area contributed by atoms with Crippen LogP contribution in [-0.2, 0) is 17.9 Å². The first kappa shape index (κ1) is 19.0. The van der Waals surface area contributed by atoms with Crippen molar-refractivity contribution in [3.05, 3.63) is 70.5 Å². The van der Waals surface area contributed by atoms with Gasteiger partial charge in [0, 0.05) is 17.6 Å². The van der Waals surface area contributed by atoms with Gasteiger partial charge in [0.2, 0.25) is 5.91 Å². The molecule has 4 N–H and O–H groups in total. The fourth-order valence-corrected chi connectivity index (χ4v) is 2.82. The molecule has 0 aliphatic heterocycles. The Kier molecular flexibility index (Phi) is 5.05. The number of carbonyl (C=O) groups is 2. The van der Waals surface area contributed by atoms with Crippen molar-refractivity contribution in [2.45, 2.75) is 13.2 Å². The maximum Gasteiger partial charge on any atom is 0.347 e. The Balaban J connectivity index is 1.45. The summed E-state index contributed by atoms with van der Waals surface area (Å²) in [7, 11) is 0. The quantitative estimate of drug-likeness (QED) is 0.349. The molecule has 0 fully saturated rings. The van der Waals surface area contributed by atoms with Crippen molar-refractivity contribution >= 4 is 28.8 Å².